The summed E-state index contributed by atoms with van der Waals surface area (Å²) in [6.45, 7) is 3.81. The van der Waals surface area contributed by atoms with Crippen LogP contribution in [-0.2, 0) is 22.4 Å². The first kappa shape index (κ1) is 29.0. The van der Waals surface area contributed by atoms with Gasteiger partial charge in [0, 0.05) is 18.6 Å². The fourth-order valence-electron chi connectivity index (χ4n) is 5.52. The Morgan fingerprint density at radius 3 is 2.33 bits per heavy atom. The number of hydrogen-bond acceptors (Lipinski definition) is 6. The van der Waals surface area contributed by atoms with E-state index in [1.54, 1.807) is 13.0 Å². The van der Waals surface area contributed by atoms with E-state index in [2.05, 4.69) is 0 Å². The molecule has 216 valence electrons. The Balaban J connectivity index is 1.50. The molecule has 0 bridgehead atoms. The van der Waals surface area contributed by atoms with Crippen LogP contribution in [0.25, 0.3) is 11.1 Å². The first-order valence-electron chi connectivity index (χ1n) is 14.3. The number of hydrogen-bond donors (Lipinski definition) is 1. The first-order valence-corrected chi connectivity index (χ1v) is 14.3. The van der Waals surface area contributed by atoms with E-state index < -0.39 is 35.8 Å². The maximum absolute atomic E-state index is 14.2. The number of cyclic esters (lactones) is 1. The molecule has 3 aromatic carbocycles. The Hall–Kier alpha value is -4.49. The summed E-state index contributed by atoms with van der Waals surface area (Å²) in [6.07, 6.45) is 0.514. The quantitative estimate of drug-likeness (QED) is 0.123. The summed E-state index contributed by atoms with van der Waals surface area (Å²) in [5.41, 5.74) is 4.32. The second-order valence-corrected chi connectivity index (χ2v) is 10.8. The molecule has 2 heterocycles. The topological polar surface area (TPSA) is 97.1 Å². The van der Waals surface area contributed by atoms with E-state index in [4.69, 9.17) is 9.15 Å². The molecule has 1 saturated heterocycles. The molecule has 7 nitrogen and oxygen atoms in total. The van der Waals surface area contributed by atoms with Gasteiger partial charge in [-0.2, -0.15) is 0 Å². The maximum atomic E-state index is 14.2. The molecular weight excluding hydrogens is 530 g/mol. The Labute approximate surface area is 245 Å². The van der Waals surface area contributed by atoms with Crippen LogP contribution in [0.5, 0.6) is 0 Å². The predicted molar refractivity (Wildman–Crippen MR) is 159 cm³/mol. The number of carbonyl (C=O) groups is 3. The van der Waals surface area contributed by atoms with Gasteiger partial charge in [-0.15, -0.1) is 0 Å². The first-order chi connectivity index (χ1) is 20.4. The van der Waals surface area contributed by atoms with Crippen LogP contribution in [0.3, 0.4) is 0 Å². The van der Waals surface area contributed by atoms with Crippen molar-refractivity contribution >= 4 is 17.8 Å². The van der Waals surface area contributed by atoms with Crippen molar-refractivity contribution in [1.82, 2.24) is 4.90 Å². The van der Waals surface area contributed by atoms with E-state index in [1.165, 1.54) is 0 Å². The summed E-state index contributed by atoms with van der Waals surface area (Å²) in [7, 11) is 0. The third-order valence-corrected chi connectivity index (χ3v) is 7.73. The van der Waals surface area contributed by atoms with Crippen molar-refractivity contribution in [3.63, 3.8) is 0 Å². The van der Waals surface area contributed by atoms with Gasteiger partial charge in [0.05, 0.1) is 6.04 Å². The smallest absolute Gasteiger partial charge is 0.417 e. The van der Waals surface area contributed by atoms with Gasteiger partial charge in [0.25, 0.3) is 0 Å². The van der Waals surface area contributed by atoms with Crippen molar-refractivity contribution in [3.8, 4) is 11.1 Å². The Kier molecular flexibility index (Phi) is 8.98. The van der Waals surface area contributed by atoms with Gasteiger partial charge >= 0.3 is 6.09 Å². The Bertz CT molecular complexity index is 1540. The lowest BCUT2D eigenvalue weighted by atomic mass is 9.91. The Morgan fingerprint density at radius 2 is 1.64 bits per heavy atom. The second-order valence-electron chi connectivity index (χ2n) is 10.8. The average molecular weight is 566 g/mol. The summed E-state index contributed by atoms with van der Waals surface area (Å²) in [5.74, 6) is -1.61. The zero-order valence-electron chi connectivity index (χ0n) is 23.9. The third-order valence-electron chi connectivity index (χ3n) is 7.73. The average Bonchev–Trinajstić information content (AvgIpc) is 3.56. The van der Waals surface area contributed by atoms with Gasteiger partial charge in [0.1, 0.15) is 17.8 Å². The normalized spacial score (nSPS) is 17.2. The minimum atomic E-state index is -1.20. The zero-order valence-corrected chi connectivity index (χ0v) is 23.9. The van der Waals surface area contributed by atoms with E-state index in [-0.39, 0.29) is 18.8 Å². The summed E-state index contributed by atoms with van der Waals surface area (Å²) in [4.78, 5) is 42.4. The van der Waals surface area contributed by atoms with Crippen molar-refractivity contribution in [1.29, 1.82) is 0 Å². The van der Waals surface area contributed by atoms with E-state index >= 15 is 0 Å². The maximum Gasteiger partial charge on any atom is 0.417 e. The Morgan fingerprint density at radius 1 is 0.929 bits per heavy atom. The monoisotopic (exact) mass is 565 g/mol. The highest BCUT2D eigenvalue weighted by Gasteiger charge is 2.47. The van der Waals surface area contributed by atoms with Gasteiger partial charge in [0.2, 0.25) is 11.7 Å². The molecule has 7 heteroatoms. The van der Waals surface area contributed by atoms with Crippen molar-refractivity contribution < 1.29 is 28.6 Å². The van der Waals surface area contributed by atoms with Gasteiger partial charge in [-0.05, 0) is 55.9 Å². The number of imide groups is 1. The van der Waals surface area contributed by atoms with Crippen molar-refractivity contribution in [2.75, 3.05) is 6.61 Å². The summed E-state index contributed by atoms with van der Waals surface area (Å²) < 4.78 is 11.8. The number of ketones is 1. The lowest BCUT2D eigenvalue weighted by Crippen LogP contribution is -2.44. The molecule has 4 aromatic rings. The van der Waals surface area contributed by atoms with Crippen LogP contribution < -0.4 is 0 Å². The number of rotatable bonds is 11. The molecule has 5 rings (SSSR count). The lowest BCUT2D eigenvalue weighted by molar-refractivity contribution is -0.131. The van der Waals surface area contributed by atoms with Crippen molar-refractivity contribution in [2.45, 2.75) is 51.7 Å². The highest BCUT2D eigenvalue weighted by Crippen LogP contribution is 2.35. The van der Waals surface area contributed by atoms with E-state index in [9.17, 15) is 19.5 Å². The number of furan rings is 1. The number of amides is 2. The van der Waals surface area contributed by atoms with Gasteiger partial charge in [0.15, 0.2) is 5.76 Å². The molecule has 3 unspecified atom stereocenters. The number of aryl methyl sites for hydroxylation is 2. The predicted octanol–water partition coefficient (Wildman–Crippen LogP) is 6.72. The molecule has 1 aliphatic heterocycles. The molecule has 2 amide bonds. The molecule has 0 aliphatic carbocycles. The molecule has 42 heavy (non-hydrogen) atoms. The molecule has 1 N–H and O–H groups in total. The van der Waals surface area contributed by atoms with E-state index in [0.717, 1.165) is 32.7 Å². The standard InChI is InChI=1S/C35H35NO6/c1-23-12-11-17-27(20-23)28-22-31(41-30(28)18-9-10-19-37)32(38)29(21-25-13-5-3-6-14-25)34(39)36-24(2)33(42-35(36)40)26-15-7-4-8-16-26/h3-8,11-17,20,22,24,29,33,37H,9-10,18-19,21H2,1-2H3. The molecule has 0 saturated carbocycles. The van der Waals surface area contributed by atoms with Crippen LogP contribution in [0.15, 0.2) is 95.4 Å². The second kappa shape index (κ2) is 13.0. The minimum Gasteiger partial charge on any atom is -0.457 e. The molecule has 3 atom stereocenters. The molecule has 0 spiro atoms. The number of benzene rings is 3. The largest absolute Gasteiger partial charge is 0.457 e. The molecular formula is C35H35NO6. The van der Waals surface area contributed by atoms with Crippen molar-refractivity contribution in [3.05, 3.63) is 119 Å². The summed E-state index contributed by atoms with van der Waals surface area (Å²) in [6, 6.07) is 27.6. The van der Waals surface area contributed by atoms with Crippen LogP contribution in [0.2, 0.25) is 0 Å². The fourth-order valence-corrected chi connectivity index (χ4v) is 5.52. The molecule has 1 aliphatic rings. The highest BCUT2D eigenvalue weighted by atomic mass is 16.6. The summed E-state index contributed by atoms with van der Waals surface area (Å²) in [5, 5.41) is 9.31. The number of ether oxygens (including phenoxy) is 1. The van der Waals surface area contributed by atoms with E-state index in [1.807, 2.05) is 91.9 Å². The SMILES string of the molecule is Cc1cccc(-c2cc(C(=O)C(Cc3ccccc3)C(=O)N3C(=O)OC(c4ccccc4)C3C)oc2CCCCO)c1. The van der Waals surface area contributed by atoms with Crippen LogP contribution >= 0.6 is 0 Å². The minimum absolute atomic E-state index is 0.0635. The molecule has 1 fully saturated rings. The van der Waals surface area contributed by atoms with Crippen LogP contribution in [-0.4, -0.2) is 40.4 Å². The number of nitrogens with zero attached hydrogens (tertiary/aromatic N) is 1. The molecule has 0 radical (unpaired) electrons. The van der Waals surface area contributed by atoms with Crippen LogP contribution in [0.4, 0.5) is 4.79 Å². The third kappa shape index (κ3) is 6.21. The number of carbonyl (C=O) groups excluding carboxylic acids is 3. The van der Waals surface area contributed by atoms with Gasteiger partial charge in [-0.3, -0.25) is 9.59 Å². The fraction of sp³-hybridized carbons (Fsp3) is 0.286. The number of Topliss-reactive ketones (excluding diaryl/α,β-unsaturated/α-hetero) is 1. The van der Waals surface area contributed by atoms with Gasteiger partial charge in [-0.25, -0.2) is 9.69 Å². The number of aliphatic hydroxyl groups excluding tert-OH is 1. The highest BCUT2D eigenvalue weighted by molar-refractivity contribution is 6.12. The van der Waals surface area contributed by atoms with Gasteiger partial charge < -0.3 is 14.3 Å². The van der Waals surface area contributed by atoms with Crippen LogP contribution in [0.1, 0.15) is 58.9 Å². The molecule has 1 aromatic heterocycles. The summed E-state index contributed by atoms with van der Waals surface area (Å²) >= 11 is 0. The number of unbranched alkanes of at least 4 members (excludes halogenated alkanes) is 1. The van der Waals surface area contributed by atoms with Crippen LogP contribution in [0, 0.1) is 12.8 Å². The van der Waals surface area contributed by atoms with Gasteiger partial charge in [-0.1, -0.05) is 90.5 Å². The number of aliphatic hydroxyl groups is 1. The van der Waals surface area contributed by atoms with E-state index in [0.29, 0.717) is 25.0 Å². The zero-order chi connectivity index (χ0) is 29.6. The van der Waals surface area contributed by atoms with Crippen molar-refractivity contribution in [2.24, 2.45) is 5.92 Å². The lowest BCUT2D eigenvalue weighted by Gasteiger charge is -2.23.